The summed E-state index contributed by atoms with van der Waals surface area (Å²) < 4.78 is 0. The Morgan fingerprint density at radius 3 is 2.05 bits per heavy atom. The van der Waals surface area contributed by atoms with Crippen LogP contribution < -0.4 is 21.1 Å². The van der Waals surface area contributed by atoms with Gasteiger partial charge in [-0.2, -0.15) is 15.0 Å². The van der Waals surface area contributed by atoms with E-state index in [2.05, 4.69) is 64.8 Å². The van der Waals surface area contributed by atoms with Gasteiger partial charge in [0.05, 0.1) is 0 Å². The molecule has 20 heavy (non-hydrogen) atoms. The van der Waals surface area contributed by atoms with E-state index >= 15 is 0 Å². The zero-order chi connectivity index (χ0) is 15.1. The van der Waals surface area contributed by atoms with Gasteiger partial charge in [-0.15, -0.1) is 0 Å². The topological polar surface area (TPSA) is 83.2 Å². The first-order valence-electron chi connectivity index (χ1n) is 7.35. The van der Waals surface area contributed by atoms with Gasteiger partial charge in [0.1, 0.15) is 0 Å². The molecule has 7 nitrogen and oxygen atoms in total. The Morgan fingerprint density at radius 2 is 1.60 bits per heavy atom. The average Bonchev–Trinajstić information content (AvgIpc) is 2.48. The first-order valence-corrected chi connectivity index (χ1v) is 7.35. The first-order chi connectivity index (χ1) is 9.60. The van der Waals surface area contributed by atoms with Crippen molar-refractivity contribution in [2.24, 2.45) is 5.84 Å². The minimum Gasteiger partial charge on any atom is -0.341 e. The van der Waals surface area contributed by atoms with Crippen molar-refractivity contribution in [1.29, 1.82) is 0 Å². The molecule has 0 radical (unpaired) electrons. The molecule has 0 aliphatic rings. The Balaban J connectivity index is 3.21. The fourth-order valence-corrected chi connectivity index (χ4v) is 2.07. The monoisotopic (exact) mass is 281 g/mol. The van der Waals surface area contributed by atoms with Crippen molar-refractivity contribution in [1.82, 2.24) is 15.0 Å². The van der Waals surface area contributed by atoms with Gasteiger partial charge in [0.2, 0.25) is 17.8 Å². The number of nitrogens with zero attached hydrogens (tertiary/aromatic N) is 5. The lowest BCUT2D eigenvalue weighted by atomic mass is 10.2. The highest BCUT2D eigenvalue weighted by Gasteiger charge is 2.18. The van der Waals surface area contributed by atoms with E-state index in [9.17, 15) is 0 Å². The molecule has 3 N–H and O–H groups in total. The normalized spacial score (nSPS) is 12.1. The molecule has 1 rings (SSSR count). The molecule has 0 fully saturated rings. The molecule has 0 aromatic carbocycles. The Kier molecular flexibility index (Phi) is 6.44. The third-order valence-electron chi connectivity index (χ3n) is 3.51. The van der Waals surface area contributed by atoms with Gasteiger partial charge in [0.25, 0.3) is 0 Å². The Hall–Kier alpha value is -1.63. The maximum absolute atomic E-state index is 5.48. The van der Waals surface area contributed by atoms with Crippen LogP contribution in [0.4, 0.5) is 17.8 Å². The van der Waals surface area contributed by atoms with Crippen molar-refractivity contribution in [3.8, 4) is 0 Å². The number of nitrogens with two attached hydrogens (primary N) is 1. The molecule has 0 saturated heterocycles. The van der Waals surface area contributed by atoms with Gasteiger partial charge in [0, 0.05) is 25.7 Å². The van der Waals surface area contributed by atoms with Crippen molar-refractivity contribution in [2.45, 2.75) is 47.1 Å². The lowest BCUT2D eigenvalue weighted by Gasteiger charge is -2.28. The van der Waals surface area contributed by atoms with Gasteiger partial charge in [-0.1, -0.05) is 6.92 Å². The van der Waals surface area contributed by atoms with E-state index in [1.54, 1.807) is 0 Å². The molecular weight excluding hydrogens is 254 g/mol. The van der Waals surface area contributed by atoms with Crippen LogP contribution in [0, 0.1) is 0 Å². The van der Waals surface area contributed by atoms with Crippen LogP contribution in [-0.4, -0.2) is 40.6 Å². The summed E-state index contributed by atoms with van der Waals surface area (Å²) in [5.41, 5.74) is 2.53. The molecule has 114 valence electrons. The summed E-state index contributed by atoms with van der Waals surface area (Å²) >= 11 is 0. The van der Waals surface area contributed by atoms with E-state index < -0.39 is 0 Å². The number of aromatic nitrogens is 3. The molecule has 0 spiro atoms. The summed E-state index contributed by atoms with van der Waals surface area (Å²) in [6, 6.07) is 0.373. The number of nitrogens with one attached hydrogen (secondary N) is 1. The van der Waals surface area contributed by atoms with Crippen LogP contribution in [0.1, 0.15) is 41.0 Å². The number of hydrogen-bond donors (Lipinski definition) is 2. The molecule has 1 aromatic heterocycles. The SMILES string of the molecule is CCC(C)N(CC)c1nc(NN)nc(N(CC)CC)n1. The van der Waals surface area contributed by atoms with E-state index in [1.807, 2.05) is 0 Å². The number of anilines is 3. The lowest BCUT2D eigenvalue weighted by molar-refractivity contribution is 0.612. The van der Waals surface area contributed by atoms with Crippen LogP contribution >= 0.6 is 0 Å². The van der Waals surface area contributed by atoms with Crippen LogP contribution in [0.2, 0.25) is 0 Å². The fraction of sp³-hybridized carbons (Fsp3) is 0.769. The second-order valence-corrected chi connectivity index (χ2v) is 4.62. The van der Waals surface area contributed by atoms with Gasteiger partial charge in [-0.05, 0) is 34.1 Å². The highest BCUT2D eigenvalue weighted by atomic mass is 15.4. The van der Waals surface area contributed by atoms with Crippen molar-refractivity contribution in [2.75, 3.05) is 34.9 Å². The molecule has 0 bridgehead atoms. The maximum atomic E-state index is 5.48. The van der Waals surface area contributed by atoms with E-state index in [-0.39, 0.29) is 0 Å². The van der Waals surface area contributed by atoms with Crippen LogP contribution in [0.25, 0.3) is 0 Å². The number of nitrogen functional groups attached to an aromatic ring is 1. The van der Waals surface area contributed by atoms with Gasteiger partial charge in [-0.25, -0.2) is 5.84 Å². The van der Waals surface area contributed by atoms with E-state index in [1.165, 1.54) is 0 Å². The Morgan fingerprint density at radius 1 is 1.00 bits per heavy atom. The first kappa shape index (κ1) is 16.4. The zero-order valence-electron chi connectivity index (χ0n) is 13.2. The molecule has 0 aliphatic carbocycles. The summed E-state index contributed by atoms with van der Waals surface area (Å²) in [4.78, 5) is 17.6. The standard InChI is InChI=1S/C13H27N7/c1-6-10(5)20(9-4)13-16-11(18-14)15-12(17-13)19(7-2)8-3/h10H,6-9,14H2,1-5H3,(H,15,16,17,18). The molecule has 0 aliphatic heterocycles. The fourth-order valence-electron chi connectivity index (χ4n) is 2.07. The number of hydrazine groups is 1. The highest BCUT2D eigenvalue weighted by molar-refractivity contribution is 5.45. The maximum Gasteiger partial charge on any atom is 0.243 e. The van der Waals surface area contributed by atoms with E-state index in [0.717, 1.165) is 26.1 Å². The Bertz CT molecular complexity index is 406. The molecule has 1 heterocycles. The van der Waals surface area contributed by atoms with Crippen LogP contribution in [0.15, 0.2) is 0 Å². The average molecular weight is 281 g/mol. The van der Waals surface area contributed by atoms with Crippen molar-refractivity contribution in [3.63, 3.8) is 0 Å². The summed E-state index contributed by atoms with van der Waals surface area (Å²) in [7, 11) is 0. The largest absolute Gasteiger partial charge is 0.341 e. The summed E-state index contributed by atoms with van der Waals surface area (Å²) in [6.07, 6.45) is 1.03. The second kappa shape index (κ2) is 7.84. The van der Waals surface area contributed by atoms with Gasteiger partial charge in [0.15, 0.2) is 0 Å². The highest BCUT2D eigenvalue weighted by Crippen LogP contribution is 2.18. The minimum atomic E-state index is 0.373. The van der Waals surface area contributed by atoms with Crippen LogP contribution in [-0.2, 0) is 0 Å². The summed E-state index contributed by atoms with van der Waals surface area (Å²) in [5.74, 6) is 7.22. The van der Waals surface area contributed by atoms with E-state index in [4.69, 9.17) is 5.84 Å². The van der Waals surface area contributed by atoms with Gasteiger partial charge in [-0.3, -0.25) is 5.43 Å². The van der Waals surface area contributed by atoms with Gasteiger partial charge >= 0.3 is 0 Å². The third kappa shape index (κ3) is 3.69. The summed E-state index contributed by atoms with van der Waals surface area (Å²) in [6.45, 7) is 13.1. The smallest absolute Gasteiger partial charge is 0.243 e. The zero-order valence-corrected chi connectivity index (χ0v) is 13.2. The van der Waals surface area contributed by atoms with Gasteiger partial charge < -0.3 is 9.80 Å². The van der Waals surface area contributed by atoms with Crippen molar-refractivity contribution >= 4 is 17.8 Å². The molecule has 7 heteroatoms. The molecule has 0 amide bonds. The predicted molar refractivity (Wildman–Crippen MR) is 84.0 cm³/mol. The van der Waals surface area contributed by atoms with Crippen LogP contribution in [0.3, 0.4) is 0 Å². The molecule has 1 aromatic rings. The Labute approximate surface area is 121 Å². The molecule has 0 saturated carbocycles. The van der Waals surface area contributed by atoms with E-state index in [0.29, 0.717) is 23.9 Å². The van der Waals surface area contributed by atoms with Crippen molar-refractivity contribution in [3.05, 3.63) is 0 Å². The molecule has 1 atom stereocenters. The predicted octanol–water partition coefficient (Wildman–Crippen LogP) is 1.63. The summed E-state index contributed by atoms with van der Waals surface area (Å²) in [5, 5.41) is 0. The van der Waals surface area contributed by atoms with Crippen molar-refractivity contribution < 1.29 is 0 Å². The molecule has 1 unspecified atom stereocenters. The van der Waals surface area contributed by atoms with Crippen LogP contribution in [0.5, 0.6) is 0 Å². The minimum absolute atomic E-state index is 0.373. The number of rotatable bonds is 8. The quantitative estimate of drug-likeness (QED) is 0.553. The number of hydrogen-bond acceptors (Lipinski definition) is 7. The second-order valence-electron chi connectivity index (χ2n) is 4.62. The lowest BCUT2D eigenvalue weighted by Crippen LogP contribution is -2.35. The molecular formula is C13H27N7. The third-order valence-corrected chi connectivity index (χ3v) is 3.51.